The van der Waals surface area contributed by atoms with Gasteiger partial charge >= 0.3 is 0 Å². The van der Waals surface area contributed by atoms with Crippen molar-refractivity contribution in [2.45, 2.75) is 0 Å². The topological polar surface area (TPSA) is 48.1 Å². The first kappa shape index (κ1) is 8.87. The largest absolute Gasteiger partial charge is 0.497 e. The number of nitrogen functional groups attached to an aromatic ring is 1. The highest BCUT2D eigenvalue weighted by Crippen LogP contribution is 2.19. The second-order valence-corrected chi connectivity index (χ2v) is 3.02. The van der Waals surface area contributed by atoms with Crippen LogP contribution >= 0.6 is 0 Å². The van der Waals surface area contributed by atoms with Crippen molar-refractivity contribution in [3.05, 3.63) is 24.3 Å². The first-order valence-corrected chi connectivity index (χ1v) is 4.20. The number of nitrogens with two attached hydrogens (primary N) is 1. The maximum atomic E-state index is 5.72. The molecule has 0 aliphatic rings. The van der Waals surface area contributed by atoms with Crippen LogP contribution in [-0.2, 0) is 0 Å². The molecule has 2 N–H and O–H groups in total. The molecule has 68 valence electrons. The summed E-state index contributed by atoms with van der Waals surface area (Å²) in [5.41, 5.74) is 6.03. The lowest BCUT2D eigenvalue weighted by Gasteiger charge is -2.05. The van der Waals surface area contributed by atoms with E-state index in [0.717, 1.165) is 16.5 Å². The van der Waals surface area contributed by atoms with Crippen molar-refractivity contribution in [1.29, 1.82) is 0 Å². The zero-order valence-electron chi connectivity index (χ0n) is 7.82. The Labute approximate surface area is 83.3 Å². The van der Waals surface area contributed by atoms with E-state index in [2.05, 4.69) is 4.98 Å². The number of hydrogen-bond donors (Lipinski definition) is 1. The second-order valence-electron chi connectivity index (χ2n) is 3.02. The van der Waals surface area contributed by atoms with E-state index in [1.54, 1.807) is 13.2 Å². The zero-order chi connectivity index (χ0) is 10.1. The van der Waals surface area contributed by atoms with Gasteiger partial charge in [0.1, 0.15) is 19.4 Å². The van der Waals surface area contributed by atoms with Crippen molar-refractivity contribution < 1.29 is 4.74 Å². The number of fused-ring (bicyclic) bond motifs is 1. The number of benzene rings is 1. The Hall–Kier alpha value is -1.71. The predicted molar refractivity (Wildman–Crippen MR) is 58.1 cm³/mol. The fourth-order valence-corrected chi connectivity index (χ4v) is 1.41. The number of rotatable bonds is 1. The lowest BCUT2D eigenvalue weighted by Crippen LogP contribution is -2.11. The van der Waals surface area contributed by atoms with Gasteiger partial charge in [-0.25, -0.2) is 4.98 Å². The zero-order valence-corrected chi connectivity index (χ0v) is 7.82. The highest BCUT2D eigenvalue weighted by atomic mass is 16.5. The van der Waals surface area contributed by atoms with Gasteiger partial charge in [-0.2, -0.15) is 0 Å². The molecular weight excluding hydrogens is 175 g/mol. The summed E-state index contributed by atoms with van der Waals surface area (Å²) in [5.74, 6) is 1.20. The summed E-state index contributed by atoms with van der Waals surface area (Å²) in [6.07, 6.45) is 0. The number of nitrogens with zero attached hydrogens (tertiary/aromatic N) is 1. The molecule has 0 fully saturated rings. The molecule has 1 aromatic carbocycles. The Bertz CT molecular complexity index is 485. The molecule has 1 heterocycles. The number of anilines is 1. The van der Waals surface area contributed by atoms with Crippen LogP contribution in [0, 0.1) is 0 Å². The van der Waals surface area contributed by atoms with Crippen molar-refractivity contribution >= 4 is 30.0 Å². The molecule has 14 heavy (non-hydrogen) atoms. The first-order valence-electron chi connectivity index (χ1n) is 4.20. The van der Waals surface area contributed by atoms with Crippen LogP contribution in [0.2, 0.25) is 0 Å². The maximum absolute atomic E-state index is 5.72. The lowest BCUT2D eigenvalue weighted by atomic mass is 9.96. The third-order valence-electron chi connectivity index (χ3n) is 2.09. The van der Waals surface area contributed by atoms with E-state index >= 15 is 0 Å². The molecule has 2 radical (unpaired) electrons. The van der Waals surface area contributed by atoms with Crippen LogP contribution in [-0.4, -0.2) is 19.9 Å². The van der Waals surface area contributed by atoms with E-state index in [4.69, 9.17) is 18.3 Å². The summed E-state index contributed by atoms with van der Waals surface area (Å²) in [6.45, 7) is 0. The van der Waals surface area contributed by atoms with E-state index in [0.29, 0.717) is 11.4 Å². The Balaban J connectivity index is 2.75. The smallest absolute Gasteiger partial charge is 0.142 e. The predicted octanol–water partition coefficient (Wildman–Crippen LogP) is 0.619. The minimum Gasteiger partial charge on any atom is -0.497 e. The lowest BCUT2D eigenvalue weighted by molar-refractivity contribution is 0.415. The van der Waals surface area contributed by atoms with Crippen molar-refractivity contribution in [2.75, 3.05) is 12.8 Å². The standard InChI is InChI=1S/C10H9BN2O/c1-14-7-2-3-8-6(4-7)5-9(12)13-10(8)11/h2-5H,1H3,(H2,12,13). The number of methoxy groups -OCH3 is 1. The van der Waals surface area contributed by atoms with Crippen molar-refractivity contribution in [2.24, 2.45) is 0 Å². The van der Waals surface area contributed by atoms with Gasteiger partial charge in [0.05, 0.1) is 7.11 Å². The van der Waals surface area contributed by atoms with Gasteiger partial charge in [0.2, 0.25) is 0 Å². The van der Waals surface area contributed by atoms with Crippen LogP contribution in [0.3, 0.4) is 0 Å². The summed E-state index contributed by atoms with van der Waals surface area (Å²) in [6, 6.07) is 7.37. The molecule has 0 bridgehead atoms. The van der Waals surface area contributed by atoms with Crippen LogP contribution < -0.4 is 16.1 Å². The van der Waals surface area contributed by atoms with Gasteiger partial charge in [-0.3, -0.25) is 0 Å². The minimum absolute atomic E-state index is 0.420. The molecule has 1 aromatic heterocycles. The molecule has 0 spiro atoms. The SMILES string of the molecule is [B]c1nc(N)cc2cc(OC)ccc12. The highest BCUT2D eigenvalue weighted by molar-refractivity contribution is 6.37. The van der Waals surface area contributed by atoms with E-state index in [9.17, 15) is 0 Å². The third-order valence-corrected chi connectivity index (χ3v) is 2.09. The monoisotopic (exact) mass is 184 g/mol. The molecule has 2 rings (SSSR count). The highest BCUT2D eigenvalue weighted by Gasteiger charge is 2.01. The average molecular weight is 184 g/mol. The molecule has 0 amide bonds. The Morgan fingerprint density at radius 3 is 2.86 bits per heavy atom. The molecule has 0 aliphatic heterocycles. The summed E-state index contributed by atoms with van der Waals surface area (Å²) in [5, 5.41) is 1.83. The van der Waals surface area contributed by atoms with Crippen molar-refractivity contribution in [1.82, 2.24) is 4.98 Å². The molecule has 0 saturated carbocycles. The van der Waals surface area contributed by atoms with Crippen LogP contribution in [0.1, 0.15) is 0 Å². The third kappa shape index (κ3) is 1.39. The fraction of sp³-hybridized carbons (Fsp3) is 0.100. The van der Waals surface area contributed by atoms with Crippen molar-refractivity contribution in [3.8, 4) is 5.75 Å². The van der Waals surface area contributed by atoms with E-state index in [1.807, 2.05) is 18.2 Å². The van der Waals surface area contributed by atoms with Gasteiger partial charge in [0.25, 0.3) is 0 Å². The first-order chi connectivity index (χ1) is 6.70. The van der Waals surface area contributed by atoms with Gasteiger partial charge in [0.15, 0.2) is 0 Å². The van der Waals surface area contributed by atoms with Gasteiger partial charge in [0, 0.05) is 0 Å². The molecule has 0 aliphatic carbocycles. The summed E-state index contributed by atoms with van der Waals surface area (Å²) in [7, 11) is 7.34. The van der Waals surface area contributed by atoms with E-state index in [-0.39, 0.29) is 0 Å². The number of hydrogen-bond acceptors (Lipinski definition) is 3. The molecule has 0 unspecified atom stereocenters. The van der Waals surface area contributed by atoms with Gasteiger partial charge in [-0.1, -0.05) is 0 Å². The molecular formula is C10H9BN2O. The Morgan fingerprint density at radius 1 is 1.36 bits per heavy atom. The summed E-state index contributed by atoms with van der Waals surface area (Å²) >= 11 is 0. The maximum Gasteiger partial charge on any atom is 0.142 e. The summed E-state index contributed by atoms with van der Waals surface area (Å²) < 4.78 is 5.10. The second kappa shape index (κ2) is 3.22. The number of aromatic nitrogens is 1. The van der Waals surface area contributed by atoms with E-state index < -0.39 is 0 Å². The van der Waals surface area contributed by atoms with E-state index in [1.165, 1.54) is 0 Å². The summed E-state index contributed by atoms with van der Waals surface area (Å²) in [4.78, 5) is 3.97. The Morgan fingerprint density at radius 2 is 2.14 bits per heavy atom. The molecule has 3 nitrogen and oxygen atoms in total. The van der Waals surface area contributed by atoms with Crippen molar-refractivity contribution in [3.63, 3.8) is 0 Å². The number of ether oxygens (including phenoxy) is 1. The van der Waals surface area contributed by atoms with Gasteiger partial charge < -0.3 is 10.5 Å². The van der Waals surface area contributed by atoms with Crippen LogP contribution in [0.5, 0.6) is 5.75 Å². The molecule has 4 heteroatoms. The van der Waals surface area contributed by atoms with Gasteiger partial charge in [-0.15, -0.1) is 0 Å². The van der Waals surface area contributed by atoms with Crippen LogP contribution in [0.25, 0.3) is 10.8 Å². The van der Waals surface area contributed by atoms with Crippen LogP contribution in [0.15, 0.2) is 24.3 Å². The average Bonchev–Trinajstić information content (AvgIpc) is 2.16. The Kier molecular flexibility index (Phi) is 2.04. The molecule has 0 saturated heterocycles. The van der Waals surface area contributed by atoms with Gasteiger partial charge in [-0.05, 0) is 40.6 Å². The van der Waals surface area contributed by atoms with Crippen LogP contribution in [0.4, 0.5) is 5.82 Å². The fourth-order valence-electron chi connectivity index (χ4n) is 1.41. The molecule has 0 atom stereocenters. The molecule has 2 aromatic rings. The quantitative estimate of drug-likeness (QED) is 0.660. The minimum atomic E-state index is 0.420. The number of pyridine rings is 1. The normalized spacial score (nSPS) is 10.4.